The maximum atomic E-state index is 10.6. The maximum Gasteiger partial charge on any atom is 0.307 e. The van der Waals surface area contributed by atoms with E-state index in [2.05, 4.69) is 0 Å². The van der Waals surface area contributed by atoms with Crippen molar-refractivity contribution >= 4 is 41.9 Å². The molecule has 0 aromatic rings. The zero-order chi connectivity index (χ0) is 21.9. The van der Waals surface area contributed by atoms with Crippen LogP contribution >= 0.6 is 0 Å². The zero-order valence-corrected chi connectivity index (χ0v) is 16.2. The van der Waals surface area contributed by atoms with E-state index in [1.165, 1.54) is 0 Å². The normalized spacial score (nSPS) is 29.6. The number of aliphatic hydroxyl groups is 1. The molecule has 2 radical (unpaired) electrons. The van der Waals surface area contributed by atoms with Gasteiger partial charge in [0.2, 0.25) is 0 Å². The summed E-state index contributed by atoms with van der Waals surface area (Å²) in [6.45, 7) is 14.0. The maximum absolute atomic E-state index is 10.6. The van der Waals surface area contributed by atoms with Gasteiger partial charge >= 0.3 is 5.97 Å². The van der Waals surface area contributed by atoms with Crippen molar-refractivity contribution in [3.8, 4) is 0 Å². The summed E-state index contributed by atoms with van der Waals surface area (Å²) >= 11 is -0.750. The van der Waals surface area contributed by atoms with Crippen LogP contribution < -0.4 is 0 Å². The third kappa shape index (κ3) is 3.57. The van der Waals surface area contributed by atoms with Gasteiger partial charge in [0.25, 0.3) is 0 Å². The first kappa shape index (κ1) is 15.1. The molecule has 0 spiro atoms. The van der Waals surface area contributed by atoms with Crippen molar-refractivity contribution in [2.45, 2.75) is 55.4 Å². The average Bonchev–Trinajstić information content (AvgIpc) is 3.00. The number of hydrogen-bond donors (Lipinski definition) is 2. The minimum absolute atomic E-state index is 0. The molecule has 0 unspecified atom stereocenters. The van der Waals surface area contributed by atoms with Crippen LogP contribution in [0.2, 0.25) is 0 Å². The van der Waals surface area contributed by atoms with Crippen LogP contribution in [-0.2, 0) is 4.79 Å². The summed E-state index contributed by atoms with van der Waals surface area (Å²) in [6.07, 6.45) is 0. The van der Waals surface area contributed by atoms with E-state index in [9.17, 15) is 4.79 Å². The van der Waals surface area contributed by atoms with Crippen LogP contribution in [0.4, 0.5) is 0 Å². The smallest absolute Gasteiger partial charge is 0.307 e. The van der Waals surface area contributed by atoms with E-state index in [0.717, 1.165) is 0 Å². The molecular formula is C16H34AlLiO3. The predicted octanol–water partition coefficient (Wildman–Crippen LogP) is 2.36. The van der Waals surface area contributed by atoms with E-state index >= 15 is 0 Å². The van der Waals surface area contributed by atoms with Crippen LogP contribution in [0.15, 0.2) is 0 Å². The van der Waals surface area contributed by atoms with Crippen LogP contribution in [0.25, 0.3) is 0 Å². The fraction of sp³-hybridized carbons (Fsp3) is 0.938. The summed E-state index contributed by atoms with van der Waals surface area (Å²) in [6, 6.07) is 0. The molecule has 0 aromatic carbocycles. The number of hydrogen-bond acceptors (Lipinski definition) is 2. The topological polar surface area (TPSA) is 57.5 Å². The Morgan fingerprint density at radius 1 is 1.14 bits per heavy atom. The van der Waals surface area contributed by atoms with E-state index in [0.29, 0.717) is 0 Å². The standard InChI is InChI=1S/C8H14O2.C8H16O.Al.Li.H2.2H/c1-7(2)5(6(9)10)8(7,3)4;1-7(2)6(5-9)8(7,3)4;;;;;/h5H,1-4H3,(H,9,10);6,9H,5H2,1-4H3;;;1H;;/i;5D2;;;1+1D;2*1+1. The molecule has 2 aliphatic carbocycles. The third-order valence-corrected chi connectivity index (χ3v) is 6.42. The number of aliphatic carboxylic acids is 1. The number of carboxylic acid groups (broad SMARTS) is 1. The van der Waals surface area contributed by atoms with E-state index in [1.807, 2.05) is 55.4 Å². The van der Waals surface area contributed by atoms with Gasteiger partial charge in [0.05, 0.1) is 8.66 Å². The van der Waals surface area contributed by atoms with Crippen molar-refractivity contribution in [2.24, 2.45) is 33.5 Å². The van der Waals surface area contributed by atoms with Crippen LogP contribution in [0.5, 0.6) is 0 Å². The minimum Gasteiger partial charge on any atom is -0.481 e. The van der Waals surface area contributed by atoms with Gasteiger partial charge in [-0.25, -0.2) is 0 Å². The summed E-state index contributed by atoms with van der Waals surface area (Å²) in [5.41, 5.74) is -0.186. The van der Waals surface area contributed by atoms with Crippen molar-refractivity contribution in [3.63, 3.8) is 0 Å². The van der Waals surface area contributed by atoms with E-state index < -0.39 is 29.6 Å². The van der Waals surface area contributed by atoms with Crippen LogP contribution in [0.3, 0.4) is 0 Å². The number of rotatable bonds is 2. The molecule has 3 nitrogen and oxygen atoms in total. The molecule has 0 atom stereocenters. The quantitative estimate of drug-likeness (QED) is 0.769. The van der Waals surface area contributed by atoms with Gasteiger partial charge < -0.3 is 10.2 Å². The Bertz CT molecular complexity index is 453. The summed E-state index contributed by atoms with van der Waals surface area (Å²) in [5, 5.41) is 17.9. The van der Waals surface area contributed by atoms with E-state index in [-0.39, 0.29) is 52.4 Å². The minimum atomic E-state index is -2.02. The Kier molecular flexibility index (Phi) is 4.74. The fourth-order valence-electron chi connectivity index (χ4n) is 3.33. The monoisotopic (exact) mass is 314 g/mol. The third-order valence-electron chi connectivity index (χ3n) is 6.42. The Balaban J connectivity index is -0.000000336. The van der Waals surface area contributed by atoms with Gasteiger partial charge in [0.1, 0.15) is 17.1 Å². The van der Waals surface area contributed by atoms with Crippen LogP contribution in [-0.4, -0.2) is 60.6 Å². The molecule has 0 bridgehead atoms. The predicted molar refractivity (Wildman–Crippen MR) is 93.2 cm³/mol. The largest absolute Gasteiger partial charge is 0.481 e. The van der Waals surface area contributed by atoms with E-state index in [4.69, 9.17) is 17.8 Å². The molecule has 2 fully saturated rings. The van der Waals surface area contributed by atoms with Crippen LogP contribution in [0.1, 0.15) is 61.1 Å². The fourth-order valence-corrected chi connectivity index (χ4v) is 3.33. The number of carboxylic acids is 1. The number of carbonyl (C=O) groups is 1. The van der Waals surface area contributed by atoms with Gasteiger partial charge in [-0.05, 0) is 27.6 Å². The molecule has 0 aliphatic heterocycles. The first-order valence-electron chi connectivity index (χ1n) is 10.0. The van der Waals surface area contributed by atoms with E-state index in [1.54, 1.807) is 0 Å². The van der Waals surface area contributed by atoms with Gasteiger partial charge in [-0.2, -0.15) is 0 Å². The van der Waals surface area contributed by atoms with Crippen LogP contribution in [0, 0.1) is 33.5 Å². The molecule has 0 saturated heterocycles. The Hall–Kier alpha value is 0.560. The molecule has 2 rings (SSSR count). The zero-order valence-electron chi connectivity index (χ0n) is 21.0. The van der Waals surface area contributed by atoms with Crippen molar-refractivity contribution in [1.82, 2.24) is 0 Å². The molecule has 0 amide bonds. The van der Waals surface area contributed by atoms with Crippen molar-refractivity contribution < 1.29 is 20.7 Å². The first-order chi connectivity index (χ1) is 11.3. The SMILES string of the molecule is CC1(C)C(C(=O)O)C1(C)C.[2H]C([2H])(O)C1C(C)(C)C1(C)C.[2H][2H].[2H][Al][2H].[Li]. The molecule has 2 saturated carbocycles. The van der Waals surface area contributed by atoms with Crippen molar-refractivity contribution in [2.75, 3.05) is 6.56 Å². The summed E-state index contributed by atoms with van der Waals surface area (Å²) in [7, 11) is 0. The van der Waals surface area contributed by atoms with Gasteiger partial charge in [-0.1, -0.05) is 57.3 Å². The first-order valence-corrected chi connectivity index (χ1v) is 6.88. The molecule has 5 heteroatoms. The van der Waals surface area contributed by atoms with Gasteiger partial charge in [0, 0.05) is 28.4 Å². The van der Waals surface area contributed by atoms with Crippen molar-refractivity contribution in [1.29, 1.82) is 1.88 Å². The van der Waals surface area contributed by atoms with Gasteiger partial charge in [-0.3, -0.25) is 4.79 Å². The molecule has 2 aliphatic rings. The summed E-state index contributed by atoms with van der Waals surface area (Å²) in [4.78, 5) is 10.6. The Morgan fingerprint density at radius 3 is 1.43 bits per heavy atom. The summed E-state index contributed by atoms with van der Waals surface area (Å²) < 4.78 is 36.3. The molecule has 120 valence electrons. The molecule has 21 heavy (non-hydrogen) atoms. The molecule has 2 N–H and O–H groups in total. The second-order valence-electron chi connectivity index (χ2n) is 8.22. The van der Waals surface area contributed by atoms with Gasteiger partial charge in [0.15, 0.2) is 0 Å². The Labute approximate surface area is 160 Å². The van der Waals surface area contributed by atoms with Gasteiger partial charge in [-0.15, -0.1) is 0 Å². The average molecular weight is 314 g/mol. The Morgan fingerprint density at radius 2 is 1.43 bits per heavy atom. The summed E-state index contributed by atoms with van der Waals surface area (Å²) in [5.74, 6) is -1.04. The molecule has 0 aromatic heterocycles. The van der Waals surface area contributed by atoms with Crippen molar-refractivity contribution in [3.05, 3.63) is 0 Å². The second-order valence-corrected chi connectivity index (χ2v) is 8.22. The second kappa shape index (κ2) is 6.59. The molecule has 0 heterocycles. The molecular weight excluding hydrogens is 274 g/mol.